The van der Waals surface area contributed by atoms with Crippen LogP contribution in [0, 0.1) is 5.92 Å². The molecule has 1 aliphatic heterocycles. The lowest BCUT2D eigenvalue weighted by molar-refractivity contribution is -0.120. The number of hydrogen-bond acceptors (Lipinski definition) is 6. The highest BCUT2D eigenvalue weighted by molar-refractivity contribution is 7.89. The van der Waals surface area contributed by atoms with Crippen molar-refractivity contribution in [2.45, 2.75) is 17.7 Å². The van der Waals surface area contributed by atoms with Gasteiger partial charge in [-0.1, -0.05) is 24.3 Å². The normalized spacial score (nSPS) is 15.6. The minimum Gasteiger partial charge on any atom is -0.505 e. The van der Waals surface area contributed by atoms with Crippen LogP contribution in [-0.2, 0) is 19.6 Å². The van der Waals surface area contributed by atoms with Crippen molar-refractivity contribution < 1.29 is 27.9 Å². The predicted octanol–water partition coefficient (Wildman–Crippen LogP) is 2.22. The summed E-state index contributed by atoms with van der Waals surface area (Å²) in [6.45, 7) is 0.451. The molecular weight excluding hydrogens is 396 g/mol. The Morgan fingerprint density at radius 1 is 1.07 bits per heavy atom. The Bertz CT molecular complexity index is 999. The number of rotatable bonds is 5. The largest absolute Gasteiger partial charge is 0.505 e. The van der Waals surface area contributed by atoms with Crippen molar-refractivity contribution in [2.24, 2.45) is 5.92 Å². The van der Waals surface area contributed by atoms with E-state index in [4.69, 9.17) is 0 Å². The number of nitrogens with one attached hydrogen (secondary N) is 1. The van der Waals surface area contributed by atoms with E-state index in [2.05, 4.69) is 10.1 Å². The lowest BCUT2D eigenvalue weighted by atomic mass is 9.97. The number of para-hydroxylation sites is 1. The molecule has 0 atom stereocenters. The molecule has 1 amide bonds. The summed E-state index contributed by atoms with van der Waals surface area (Å²) in [6, 6.07) is 12.6. The van der Waals surface area contributed by atoms with Crippen LogP contribution in [0.1, 0.15) is 23.2 Å². The minimum absolute atomic E-state index is 0.0472. The van der Waals surface area contributed by atoms with E-state index in [1.165, 1.54) is 29.6 Å². The summed E-state index contributed by atoms with van der Waals surface area (Å²) in [5.74, 6) is -1.81. The van der Waals surface area contributed by atoms with Gasteiger partial charge in [-0.15, -0.1) is 0 Å². The van der Waals surface area contributed by atoms with Crippen LogP contribution in [0.25, 0.3) is 0 Å². The first kappa shape index (κ1) is 20.8. The van der Waals surface area contributed by atoms with Crippen molar-refractivity contribution in [2.75, 3.05) is 25.5 Å². The Morgan fingerprint density at radius 3 is 2.34 bits per heavy atom. The fourth-order valence-corrected chi connectivity index (χ4v) is 4.74. The number of nitrogens with zero attached hydrogens (tertiary/aromatic N) is 1. The van der Waals surface area contributed by atoms with E-state index in [0.29, 0.717) is 12.8 Å². The topological polar surface area (TPSA) is 113 Å². The Kier molecular flexibility index (Phi) is 6.19. The van der Waals surface area contributed by atoms with Crippen molar-refractivity contribution in [3.05, 3.63) is 54.1 Å². The molecule has 1 saturated heterocycles. The van der Waals surface area contributed by atoms with Gasteiger partial charge in [0.1, 0.15) is 5.56 Å². The number of sulfonamides is 1. The highest BCUT2D eigenvalue weighted by atomic mass is 32.2. The Morgan fingerprint density at radius 2 is 1.72 bits per heavy atom. The number of carbonyl (C=O) groups excluding carboxylic acids is 2. The second-order valence-corrected chi connectivity index (χ2v) is 8.61. The van der Waals surface area contributed by atoms with Crippen molar-refractivity contribution >= 4 is 27.6 Å². The number of amides is 1. The van der Waals surface area contributed by atoms with Crippen molar-refractivity contribution in [1.29, 1.82) is 0 Å². The van der Waals surface area contributed by atoms with Crippen molar-refractivity contribution in [3.8, 4) is 5.75 Å². The highest BCUT2D eigenvalue weighted by Gasteiger charge is 2.32. The van der Waals surface area contributed by atoms with Crippen molar-refractivity contribution in [3.63, 3.8) is 0 Å². The van der Waals surface area contributed by atoms with E-state index in [9.17, 15) is 23.1 Å². The summed E-state index contributed by atoms with van der Waals surface area (Å²) in [7, 11) is -2.39. The van der Waals surface area contributed by atoms with Gasteiger partial charge in [0.15, 0.2) is 5.75 Å². The maximum atomic E-state index is 12.7. The van der Waals surface area contributed by atoms with Gasteiger partial charge < -0.3 is 15.2 Å². The van der Waals surface area contributed by atoms with E-state index in [-0.39, 0.29) is 40.9 Å². The summed E-state index contributed by atoms with van der Waals surface area (Å²) in [5.41, 5.74) is 0.0614. The van der Waals surface area contributed by atoms with E-state index in [1.807, 2.05) is 0 Å². The molecule has 8 nitrogen and oxygen atoms in total. The molecule has 0 bridgehead atoms. The molecule has 1 heterocycles. The third-order valence-corrected chi connectivity index (χ3v) is 6.82. The number of phenolic OH excluding ortho intramolecular Hbond substituents is 1. The lowest BCUT2D eigenvalue weighted by Crippen LogP contribution is -2.41. The van der Waals surface area contributed by atoms with Gasteiger partial charge in [-0.05, 0) is 37.1 Å². The van der Waals surface area contributed by atoms with Crippen LogP contribution in [0.15, 0.2) is 53.4 Å². The second kappa shape index (κ2) is 8.62. The first-order valence-corrected chi connectivity index (χ1v) is 10.5. The molecule has 2 aromatic rings. The fourth-order valence-electron chi connectivity index (χ4n) is 3.25. The number of ether oxygens (including phenoxy) is 1. The molecule has 1 fully saturated rings. The summed E-state index contributed by atoms with van der Waals surface area (Å²) in [4.78, 5) is 24.5. The Labute approximate surface area is 169 Å². The molecule has 0 aliphatic carbocycles. The number of esters is 1. The number of hydrogen-bond donors (Lipinski definition) is 2. The molecule has 0 unspecified atom stereocenters. The SMILES string of the molecule is COC(=O)c1cccc(NC(=O)C2CCN(S(=O)(=O)c3ccccc3)CC2)c1O. The van der Waals surface area contributed by atoms with Gasteiger partial charge in [-0.2, -0.15) is 4.31 Å². The molecule has 1 aliphatic rings. The van der Waals surface area contributed by atoms with E-state index >= 15 is 0 Å². The Balaban J connectivity index is 1.65. The van der Waals surface area contributed by atoms with E-state index in [1.54, 1.807) is 30.3 Å². The van der Waals surface area contributed by atoms with Crippen LogP contribution in [0.3, 0.4) is 0 Å². The highest BCUT2D eigenvalue weighted by Crippen LogP contribution is 2.30. The zero-order valence-corrected chi connectivity index (χ0v) is 16.7. The zero-order valence-electron chi connectivity index (χ0n) is 15.9. The molecule has 0 radical (unpaired) electrons. The molecule has 0 aromatic heterocycles. The number of methoxy groups -OCH3 is 1. The van der Waals surface area contributed by atoms with Crippen LogP contribution in [-0.4, -0.2) is 49.9 Å². The Hall–Kier alpha value is -2.91. The molecule has 9 heteroatoms. The molecule has 0 spiro atoms. The maximum Gasteiger partial charge on any atom is 0.341 e. The van der Waals surface area contributed by atoms with Gasteiger partial charge in [0, 0.05) is 19.0 Å². The van der Waals surface area contributed by atoms with Crippen molar-refractivity contribution in [1.82, 2.24) is 4.31 Å². The van der Waals surface area contributed by atoms with E-state index in [0.717, 1.165) is 0 Å². The number of benzene rings is 2. The smallest absolute Gasteiger partial charge is 0.341 e. The number of anilines is 1. The van der Waals surface area contributed by atoms with Crippen LogP contribution >= 0.6 is 0 Å². The minimum atomic E-state index is -3.58. The number of piperidine rings is 1. The molecule has 0 saturated carbocycles. The standard InChI is InChI=1S/C20H22N2O6S/c1-28-20(25)16-8-5-9-17(18(16)23)21-19(24)14-10-12-22(13-11-14)29(26,27)15-6-3-2-4-7-15/h2-9,14,23H,10-13H2,1H3,(H,21,24). The van der Waals surface area contributed by atoms with Crippen LogP contribution in [0.5, 0.6) is 5.75 Å². The molecule has 2 N–H and O–H groups in total. The molecule has 154 valence electrons. The number of carbonyl (C=O) groups is 2. The summed E-state index contributed by atoms with van der Waals surface area (Å²) < 4.78 is 31.3. The quantitative estimate of drug-likeness (QED) is 0.569. The molecule has 2 aromatic carbocycles. The average Bonchev–Trinajstić information content (AvgIpc) is 2.75. The number of aromatic hydroxyl groups is 1. The van der Waals surface area contributed by atoms with Gasteiger partial charge in [-0.3, -0.25) is 4.79 Å². The van der Waals surface area contributed by atoms with E-state index < -0.39 is 21.9 Å². The summed E-state index contributed by atoms with van der Waals surface area (Å²) in [5, 5.41) is 12.8. The molecule has 3 rings (SSSR count). The van der Waals surface area contributed by atoms with Gasteiger partial charge in [0.25, 0.3) is 0 Å². The molecular formula is C20H22N2O6S. The number of phenols is 1. The van der Waals surface area contributed by atoms with Gasteiger partial charge in [-0.25, -0.2) is 13.2 Å². The average molecular weight is 418 g/mol. The van der Waals surface area contributed by atoms with Crippen LogP contribution in [0.2, 0.25) is 0 Å². The zero-order chi connectivity index (χ0) is 21.0. The second-order valence-electron chi connectivity index (χ2n) is 6.67. The summed E-state index contributed by atoms with van der Waals surface area (Å²) >= 11 is 0. The first-order chi connectivity index (χ1) is 13.8. The van der Waals surface area contributed by atoms with Gasteiger partial charge in [0.2, 0.25) is 15.9 Å². The van der Waals surface area contributed by atoms with Gasteiger partial charge in [0.05, 0.1) is 17.7 Å². The lowest BCUT2D eigenvalue weighted by Gasteiger charge is -2.30. The molecule has 29 heavy (non-hydrogen) atoms. The predicted molar refractivity (Wildman–Crippen MR) is 106 cm³/mol. The first-order valence-electron chi connectivity index (χ1n) is 9.11. The monoisotopic (exact) mass is 418 g/mol. The fraction of sp³-hybridized carbons (Fsp3) is 0.300. The van der Waals surface area contributed by atoms with Crippen LogP contribution in [0.4, 0.5) is 5.69 Å². The third-order valence-electron chi connectivity index (χ3n) is 4.90. The van der Waals surface area contributed by atoms with Gasteiger partial charge >= 0.3 is 5.97 Å². The third kappa shape index (κ3) is 4.41. The van der Waals surface area contributed by atoms with Crippen LogP contribution < -0.4 is 5.32 Å². The maximum absolute atomic E-state index is 12.7. The summed E-state index contributed by atoms with van der Waals surface area (Å²) in [6.07, 6.45) is 0.713.